The van der Waals surface area contributed by atoms with E-state index >= 15 is 0 Å². The lowest BCUT2D eigenvalue weighted by Gasteiger charge is -2.32. The molecule has 0 radical (unpaired) electrons. The predicted molar refractivity (Wildman–Crippen MR) is 125 cm³/mol. The Kier molecular flexibility index (Phi) is 5.92. The van der Waals surface area contributed by atoms with E-state index in [1.807, 2.05) is 7.05 Å². The highest BCUT2D eigenvalue weighted by Crippen LogP contribution is 2.27. The Morgan fingerprint density at radius 1 is 0.938 bits per heavy atom. The quantitative estimate of drug-likeness (QED) is 0.575. The van der Waals surface area contributed by atoms with Crippen molar-refractivity contribution in [2.75, 3.05) is 37.9 Å². The summed E-state index contributed by atoms with van der Waals surface area (Å²) in [5.74, 6) is 0. The lowest BCUT2D eigenvalue weighted by atomic mass is 10.2. The summed E-state index contributed by atoms with van der Waals surface area (Å²) in [5.41, 5.74) is 1.35. The molecule has 0 amide bonds. The first-order valence-corrected chi connectivity index (χ1v) is 13.6. The molecule has 0 saturated carbocycles. The van der Waals surface area contributed by atoms with Crippen LogP contribution >= 0.6 is 11.3 Å². The fourth-order valence-electron chi connectivity index (χ4n) is 3.60. The fraction of sp³-hybridized carbons (Fsp3) is 0.350. The van der Waals surface area contributed by atoms with Gasteiger partial charge in [-0.05, 0) is 49.9 Å². The third-order valence-corrected chi connectivity index (χ3v) is 10.0. The second-order valence-electron chi connectivity index (χ2n) is 7.85. The molecular formula is C20H24N4O5S3. The summed E-state index contributed by atoms with van der Waals surface area (Å²) >= 11 is 0.966. The van der Waals surface area contributed by atoms with E-state index in [1.54, 1.807) is 26.1 Å². The molecule has 0 spiro atoms. The van der Waals surface area contributed by atoms with Gasteiger partial charge >= 0.3 is 4.87 Å². The summed E-state index contributed by atoms with van der Waals surface area (Å²) in [6.45, 7) is 3.73. The summed E-state index contributed by atoms with van der Waals surface area (Å²) in [4.78, 5) is 13.8. The van der Waals surface area contributed by atoms with Gasteiger partial charge in [0.15, 0.2) is 0 Å². The van der Waals surface area contributed by atoms with Crippen LogP contribution in [0.4, 0.5) is 5.69 Å². The summed E-state index contributed by atoms with van der Waals surface area (Å²) in [6, 6.07) is 8.94. The van der Waals surface area contributed by atoms with Gasteiger partial charge in [0.05, 0.1) is 25.7 Å². The second-order valence-corrected chi connectivity index (χ2v) is 12.4. The number of thiazole rings is 1. The average molecular weight is 497 g/mol. The molecule has 1 aromatic heterocycles. The molecule has 1 N–H and O–H groups in total. The van der Waals surface area contributed by atoms with Gasteiger partial charge in [-0.3, -0.25) is 9.52 Å². The highest BCUT2D eigenvalue weighted by molar-refractivity contribution is 7.92. The van der Waals surface area contributed by atoms with Crippen molar-refractivity contribution in [3.63, 3.8) is 0 Å². The number of hydrogen-bond donors (Lipinski definition) is 1. The Labute approximate surface area is 191 Å². The van der Waals surface area contributed by atoms with Gasteiger partial charge in [0, 0.05) is 33.2 Å². The number of likely N-dealkylation sites (N-methyl/N-ethyl adjacent to an activating group) is 1. The van der Waals surface area contributed by atoms with Gasteiger partial charge in [0.2, 0.25) is 10.0 Å². The summed E-state index contributed by atoms with van der Waals surface area (Å²) in [7, 11) is -4.17. The lowest BCUT2D eigenvalue weighted by Crippen LogP contribution is -2.47. The summed E-state index contributed by atoms with van der Waals surface area (Å²) in [6.07, 6.45) is 0. The first-order chi connectivity index (χ1) is 15.0. The second kappa shape index (κ2) is 8.27. The molecule has 32 heavy (non-hydrogen) atoms. The Balaban J connectivity index is 1.65. The van der Waals surface area contributed by atoms with Crippen molar-refractivity contribution in [2.45, 2.75) is 16.7 Å². The molecular weight excluding hydrogens is 472 g/mol. The maximum Gasteiger partial charge on any atom is 0.307 e. The maximum atomic E-state index is 13.2. The third-order valence-electron chi connectivity index (χ3n) is 5.59. The number of piperazine rings is 1. The maximum absolute atomic E-state index is 13.2. The first kappa shape index (κ1) is 22.9. The van der Waals surface area contributed by atoms with Crippen LogP contribution in [-0.4, -0.2) is 63.8 Å². The van der Waals surface area contributed by atoms with E-state index in [-0.39, 0.29) is 20.4 Å². The number of rotatable bonds is 5. The van der Waals surface area contributed by atoms with Crippen LogP contribution in [0, 0.1) is 6.92 Å². The zero-order chi connectivity index (χ0) is 23.3. The Hall–Kier alpha value is -2.25. The number of sulfonamides is 2. The van der Waals surface area contributed by atoms with Gasteiger partial charge < -0.3 is 9.47 Å². The van der Waals surface area contributed by atoms with Crippen LogP contribution in [0.1, 0.15) is 5.56 Å². The molecule has 3 aromatic rings. The van der Waals surface area contributed by atoms with Gasteiger partial charge in [-0.15, -0.1) is 0 Å². The van der Waals surface area contributed by atoms with Gasteiger partial charge in [-0.25, -0.2) is 16.8 Å². The van der Waals surface area contributed by atoms with Crippen molar-refractivity contribution in [1.29, 1.82) is 0 Å². The molecule has 1 fully saturated rings. The number of aromatic nitrogens is 1. The Morgan fingerprint density at radius 2 is 1.62 bits per heavy atom. The van der Waals surface area contributed by atoms with Crippen molar-refractivity contribution < 1.29 is 16.8 Å². The SMILES string of the molecule is Cc1ccc(NS(=O)(=O)c2ccc3c(c2)sc(=O)n3C)cc1S(=O)(=O)N1CCN(C)CC1. The molecule has 172 valence electrons. The van der Waals surface area contributed by atoms with Crippen LogP contribution in [-0.2, 0) is 27.1 Å². The minimum Gasteiger partial charge on any atom is -0.304 e. The van der Waals surface area contributed by atoms with Crippen molar-refractivity contribution >= 4 is 47.3 Å². The summed E-state index contributed by atoms with van der Waals surface area (Å²) < 4.78 is 58.2. The van der Waals surface area contributed by atoms with Gasteiger partial charge in [-0.1, -0.05) is 17.4 Å². The van der Waals surface area contributed by atoms with Gasteiger partial charge in [0.1, 0.15) is 0 Å². The Morgan fingerprint density at radius 3 is 2.31 bits per heavy atom. The molecule has 2 heterocycles. The minimum atomic E-state index is -3.99. The fourth-order valence-corrected chi connectivity index (χ4v) is 7.35. The molecule has 2 aromatic carbocycles. The highest BCUT2D eigenvalue weighted by atomic mass is 32.2. The molecule has 0 unspecified atom stereocenters. The number of nitrogens with one attached hydrogen (secondary N) is 1. The lowest BCUT2D eigenvalue weighted by molar-refractivity contribution is 0.222. The van der Waals surface area contributed by atoms with Gasteiger partial charge in [-0.2, -0.15) is 4.31 Å². The van der Waals surface area contributed by atoms with Crippen LogP contribution in [0.5, 0.6) is 0 Å². The zero-order valence-electron chi connectivity index (χ0n) is 17.9. The number of hydrogen-bond acceptors (Lipinski definition) is 7. The molecule has 0 atom stereocenters. The van der Waals surface area contributed by atoms with Crippen LogP contribution in [0.2, 0.25) is 0 Å². The van der Waals surface area contributed by atoms with Crippen LogP contribution in [0.3, 0.4) is 0 Å². The molecule has 12 heteroatoms. The largest absolute Gasteiger partial charge is 0.307 e. The molecule has 1 saturated heterocycles. The molecule has 0 bridgehead atoms. The average Bonchev–Trinajstić information content (AvgIpc) is 3.02. The van der Waals surface area contributed by atoms with Crippen molar-refractivity contribution in [2.24, 2.45) is 7.05 Å². The van der Waals surface area contributed by atoms with Crippen LogP contribution < -0.4 is 9.60 Å². The molecule has 1 aliphatic heterocycles. The van der Waals surface area contributed by atoms with E-state index in [4.69, 9.17) is 0 Å². The zero-order valence-corrected chi connectivity index (χ0v) is 20.3. The number of nitrogens with zero attached hydrogens (tertiary/aromatic N) is 3. The smallest absolute Gasteiger partial charge is 0.304 e. The van der Waals surface area contributed by atoms with Crippen LogP contribution in [0.25, 0.3) is 10.2 Å². The van der Waals surface area contributed by atoms with E-state index in [9.17, 15) is 21.6 Å². The number of aryl methyl sites for hydroxylation is 2. The minimum absolute atomic E-state index is 0.00380. The van der Waals surface area contributed by atoms with Crippen molar-refractivity contribution in [3.05, 3.63) is 51.6 Å². The number of benzene rings is 2. The van der Waals surface area contributed by atoms with Gasteiger partial charge in [0.25, 0.3) is 10.0 Å². The predicted octanol–water partition coefficient (Wildman–Crippen LogP) is 1.65. The van der Waals surface area contributed by atoms with E-state index in [0.717, 1.165) is 11.3 Å². The van der Waals surface area contributed by atoms with E-state index in [1.165, 1.54) is 33.1 Å². The molecule has 4 rings (SSSR count). The van der Waals surface area contributed by atoms with E-state index < -0.39 is 20.0 Å². The molecule has 9 nitrogen and oxygen atoms in total. The summed E-state index contributed by atoms with van der Waals surface area (Å²) in [5, 5.41) is 0. The normalized spacial score (nSPS) is 16.5. The highest BCUT2D eigenvalue weighted by Gasteiger charge is 2.29. The third kappa shape index (κ3) is 4.20. The van der Waals surface area contributed by atoms with E-state index in [2.05, 4.69) is 9.62 Å². The van der Waals surface area contributed by atoms with Crippen LogP contribution in [0.15, 0.2) is 51.0 Å². The van der Waals surface area contributed by atoms with Crippen molar-refractivity contribution in [3.8, 4) is 0 Å². The number of anilines is 1. The number of fused-ring (bicyclic) bond motifs is 1. The van der Waals surface area contributed by atoms with E-state index in [0.29, 0.717) is 42.0 Å². The van der Waals surface area contributed by atoms with Crippen molar-refractivity contribution in [1.82, 2.24) is 13.8 Å². The molecule has 1 aliphatic rings. The first-order valence-electron chi connectivity index (χ1n) is 9.91. The standard InChI is InChI=1S/C20H24N4O5S3/c1-14-4-5-15(12-19(14)32(28,29)24-10-8-22(2)9-11-24)21-31(26,27)16-6-7-17-18(13-16)30-20(25)23(17)3/h4-7,12-13,21H,8-11H2,1-3H3. The topological polar surface area (TPSA) is 109 Å². The molecule has 0 aliphatic carbocycles. The monoisotopic (exact) mass is 496 g/mol. The Bertz CT molecular complexity index is 1450.